The Labute approximate surface area is 93.5 Å². The van der Waals surface area contributed by atoms with Crippen LogP contribution in [0.3, 0.4) is 0 Å². The van der Waals surface area contributed by atoms with E-state index in [4.69, 9.17) is 0 Å². The van der Waals surface area contributed by atoms with Gasteiger partial charge in [0.05, 0.1) is 0 Å². The fourth-order valence-corrected chi connectivity index (χ4v) is 3.12. The summed E-state index contributed by atoms with van der Waals surface area (Å²) in [5.41, 5.74) is 2.18. The molecule has 0 aliphatic heterocycles. The van der Waals surface area contributed by atoms with Gasteiger partial charge in [-0.05, 0) is 17.7 Å². The highest BCUT2D eigenvalue weighted by Crippen LogP contribution is 2.14. The van der Waals surface area contributed by atoms with Gasteiger partial charge in [0.2, 0.25) is 0 Å². The number of carbonyl (C=O) groups excluding carboxylic acids is 1. The molecule has 0 radical (unpaired) electrons. The van der Waals surface area contributed by atoms with Gasteiger partial charge in [0.15, 0.2) is 5.78 Å². The maximum atomic E-state index is 11.5. The molecule has 1 rings (SSSR count). The number of carbonyl (C=O) groups is 1. The van der Waals surface area contributed by atoms with Gasteiger partial charge >= 0.3 is 0 Å². The van der Waals surface area contributed by atoms with E-state index in [2.05, 4.69) is 31.8 Å². The molecule has 0 spiro atoms. The van der Waals surface area contributed by atoms with Crippen molar-refractivity contribution in [2.24, 2.45) is 0 Å². The smallest absolute Gasteiger partial charge is 0.162 e. The Morgan fingerprint density at radius 3 is 2.47 bits per heavy atom. The molecule has 1 aromatic carbocycles. The molecule has 2 heteroatoms. The molecule has 15 heavy (non-hydrogen) atoms. The quantitative estimate of drug-likeness (QED) is 0.558. The first-order valence-corrected chi connectivity index (χ1v) is 9.25. The van der Waals surface area contributed by atoms with Crippen LogP contribution >= 0.6 is 0 Å². The number of hydrogen-bond acceptors (Lipinski definition) is 1. The Kier molecular flexibility index (Phi) is 3.86. The molecule has 0 saturated heterocycles. The van der Waals surface area contributed by atoms with Gasteiger partial charge in [-0.1, -0.05) is 44.8 Å². The van der Waals surface area contributed by atoms with Gasteiger partial charge in [-0.3, -0.25) is 4.79 Å². The summed E-state index contributed by atoms with van der Waals surface area (Å²) in [5.74, 6) is 0.243. The fourth-order valence-electron chi connectivity index (χ4n) is 1.67. The van der Waals surface area contributed by atoms with E-state index in [9.17, 15) is 4.79 Å². The van der Waals surface area contributed by atoms with Crippen molar-refractivity contribution >= 4 is 13.9 Å². The molecular formula is C13H20OSi. The van der Waals surface area contributed by atoms with E-state index in [0.717, 1.165) is 11.6 Å². The second kappa shape index (κ2) is 4.75. The molecule has 0 aliphatic carbocycles. The molecule has 0 amide bonds. The van der Waals surface area contributed by atoms with E-state index in [0.29, 0.717) is 6.42 Å². The molecule has 0 atom stereocenters. The highest BCUT2D eigenvalue weighted by Gasteiger charge is 2.14. The van der Waals surface area contributed by atoms with Crippen molar-refractivity contribution in [3.63, 3.8) is 0 Å². The third kappa shape index (κ3) is 4.00. The van der Waals surface area contributed by atoms with Gasteiger partial charge in [0, 0.05) is 20.1 Å². The van der Waals surface area contributed by atoms with Crippen LogP contribution in [0.25, 0.3) is 0 Å². The zero-order chi connectivity index (χ0) is 11.5. The van der Waals surface area contributed by atoms with Crippen molar-refractivity contribution in [1.82, 2.24) is 0 Å². The molecule has 1 nitrogen and oxygen atoms in total. The van der Waals surface area contributed by atoms with Gasteiger partial charge in [0.25, 0.3) is 0 Å². The maximum Gasteiger partial charge on any atom is 0.162 e. The first kappa shape index (κ1) is 12.2. The van der Waals surface area contributed by atoms with Crippen molar-refractivity contribution in [2.75, 3.05) is 0 Å². The maximum absolute atomic E-state index is 11.5. The van der Waals surface area contributed by atoms with Crippen molar-refractivity contribution in [3.05, 3.63) is 35.4 Å². The lowest BCUT2D eigenvalue weighted by Crippen LogP contribution is -2.23. The van der Waals surface area contributed by atoms with E-state index in [1.165, 1.54) is 5.56 Å². The fraction of sp³-hybridized carbons (Fsp3) is 0.462. The van der Waals surface area contributed by atoms with Crippen molar-refractivity contribution in [3.8, 4) is 0 Å². The monoisotopic (exact) mass is 220 g/mol. The average molecular weight is 220 g/mol. The molecule has 0 bridgehead atoms. The summed E-state index contributed by atoms with van der Waals surface area (Å²) >= 11 is 0. The highest BCUT2D eigenvalue weighted by atomic mass is 28.3. The normalized spacial score (nSPS) is 11.5. The van der Waals surface area contributed by atoms with Crippen LogP contribution in [-0.4, -0.2) is 13.9 Å². The zero-order valence-corrected chi connectivity index (χ0v) is 11.1. The van der Waals surface area contributed by atoms with Gasteiger partial charge in [0.1, 0.15) is 0 Å². The minimum atomic E-state index is -1.08. The predicted molar refractivity (Wildman–Crippen MR) is 68.1 cm³/mol. The lowest BCUT2D eigenvalue weighted by molar-refractivity contribution is 0.0988. The third-order valence-corrected chi connectivity index (χ3v) is 3.77. The summed E-state index contributed by atoms with van der Waals surface area (Å²) in [7, 11) is -1.08. The van der Waals surface area contributed by atoms with E-state index in [1.807, 2.05) is 19.1 Å². The summed E-state index contributed by atoms with van der Waals surface area (Å²) in [6.45, 7) is 8.96. The molecule has 0 N–H and O–H groups in total. The second-order valence-electron chi connectivity index (χ2n) is 5.21. The van der Waals surface area contributed by atoms with Gasteiger partial charge in [-0.25, -0.2) is 0 Å². The molecule has 0 aromatic heterocycles. The Morgan fingerprint density at radius 1 is 1.27 bits per heavy atom. The zero-order valence-electron chi connectivity index (χ0n) is 10.1. The number of ketones is 1. The summed E-state index contributed by atoms with van der Waals surface area (Å²) in [6.07, 6.45) is 0.594. The largest absolute Gasteiger partial charge is 0.294 e. The van der Waals surface area contributed by atoms with Crippen molar-refractivity contribution < 1.29 is 4.79 Å². The molecule has 0 unspecified atom stereocenters. The molecule has 82 valence electrons. The van der Waals surface area contributed by atoms with Gasteiger partial charge in [-0.2, -0.15) is 0 Å². The minimum Gasteiger partial charge on any atom is -0.294 e. The average Bonchev–Trinajstić information content (AvgIpc) is 2.14. The third-order valence-electron chi connectivity index (χ3n) is 2.30. The van der Waals surface area contributed by atoms with E-state index in [1.54, 1.807) is 0 Å². The molecule has 0 saturated carbocycles. The molecule has 0 aliphatic rings. The van der Waals surface area contributed by atoms with E-state index >= 15 is 0 Å². The Bertz CT molecular complexity index is 350. The Hall–Kier alpha value is -0.893. The topological polar surface area (TPSA) is 17.1 Å². The van der Waals surface area contributed by atoms with Crippen molar-refractivity contribution in [1.29, 1.82) is 0 Å². The number of benzene rings is 1. The molecule has 0 fully saturated rings. The lowest BCUT2D eigenvalue weighted by Gasteiger charge is -2.16. The minimum absolute atomic E-state index is 0.243. The van der Waals surface area contributed by atoms with Crippen LogP contribution in [0.4, 0.5) is 0 Å². The van der Waals surface area contributed by atoms with Crippen molar-refractivity contribution in [2.45, 2.75) is 39.0 Å². The highest BCUT2D eigenvalue weighted by molar-refractivity contribution is 6.75. The summed E-state index contributed by atoms with van der Waals surface area (Å²) < 4.78 is 0. The lowest BCUT2D eigenvalue weighted by atomic mass is 10.1. The Morgan fingerprint density at radius 2 is 1.93 bits per heavy atom. The van der Waals surface area contributed by atoms with Crippen LogP contribution in [-0.2, 0) is 6.04 Å². The first-order chi connectivity index (χ1) is 6.92. The molecule has 0 heterocycles. The number of hydrogen-bond donors (Lipinski definition) is 0. The van der Waals surface area contributed by atoms with Crippen LogP contribution < -0.4 is 0 Å². The first-order valence-electron chi connectivity index (χ1n) is 5.54. The van der Waals surface area contributed by atoms with Crippen LogP contribution in [0.2, 0.25) is 19.6 Å². The Balaban J connectivity index is 2.88. The second-order valence-corrected chi connectivity index (χ2v) is 10.7. The number of rotatable bonds is 4. The van der Waals surface area contributed by atoms with Crippen LogP contribution in [0.15, 0.2) is 24.3 Å². The predicted octanol–water partition coefficient (Wildman–Crippen LogP) is 3.70. The van der Waals surface area contributed by atoms with Gasteiger partial charge < -0.3 is 0 Å². The van der Waals surface area contributed by atoms with Gasteiger partial charge in [-0.15, -0.1) is 0 Å². The molecule has 1 aromatic rings. The SMILES string of the molecule is CCC(=O)c1cccc(C[Si](C)(C)C)c1. The van der Waals surface area contributed by atoms with E-state index in [-0.39, 0.29) is 5.78 Å². The van der Waals surface area contributed by atoms with E-state index < -0.39 is 8.07 Å². The van der Waals surface area contributed by atoms with Crippen LogP contribution in [0.1, 0.15) is 29.3 Å². The summed E-state index contributed by atoms with van der Waals surface area (Å²) in [4.78, 5) is 11.5. The summed E-state index contributed by atoms with van der Waals surface area (Å²) in [5, 5.41) is 0. The standard InChI is InChI=1S/C13H20OSi/c1-5-13(14)12-8-6-7-11(9-12)10-15(2,3)4/h6-9H,5,10H2,1-4H3. The summed E-state index contributed by atoms with van der Waals surface area (Å²) in [6, 6.07) is 9.25. The van der Waals surface area contributed by atoms with Crippen LogP contribution in [0.5, 0.6) is 0 Å². The van der Waals surface area contributed by atoms with Crippen LogP contribution in [0, 0.1) is 0 Å². The number of Topliss-reactive ketones (excluding diaryl/α,β-unsaturated/α-hetero) is 1. The molecular weight excluding hydrogens is 200 g/mol.